The Balaban J connectivity index is 1.50. The van der Waals surface area contributed by atoms with Gasteiger partial charge in [0.15, 0.2) is 11.5 Å². The third-order valence-corrected chi connectivity index (χ3v) is 6.97. The highest BCUT2D eigenvalue weighted by Crippen LogP contribution is 2.33. The molecule has 1 fully saturated rings. The van der Waals surface area contributed by atoms with Crippen LogP contribution in [0.15, 0.2) is 103 Å². The summed E-state index contributed by atoms with van der Waals surface area (Å²) < 4.78 is 11.8. The number of carbonyl (C=O) groups excluding carboxylic acids is 3. The van der Waals surface area contributed by atoms with E-state index >= 15 is 0 Å². The van der Waals surface area contributed by atoms with Crippen LogP contribution in [0, 0.1) is 0 Å². The number of carbonyl (C=O) groups is 3. The number of halogens is 2. The van der Waals surface area contributed by atoms with Crippen molar-refractivity contribution in [2.75, 3.05) is 16.4 Å². The Bertz CT molecular complexity index is 1580. The number of benzene rings is 4. The molecule has 1 aliphatic heterocycles. The molecule has 41 heavy (non-hydrogen) atoms. The largest absolute Gasteiger partial charge is 0.490 e. The highest BCUT2D eigenvalue weighted by molar-refractivity contribution is 6.46. The van der Waals surface area contributed by atoms with Crippen molar-refractivity contribution < 1.29 is 23.9 Å². The zero-order valence-corrected chi connectivity index (χ0v) is 23.4. The number of amides is 4. The van der Waals surface area contributed by atoms with Gasteiger partial charge in [0, 0.05) is 0 Å². The monoisotopic (exact) mass is 586 g/mol. The summed E-state index contributed by atoms with van der Waals surface area (Å²) in [5.41, 5.74) is 1.86. The molecule has 206 valence electrons. The third kappa shape index (κ3) is 5.96. The predicted molar refractivity (Wildman–Crippen MR) is 160 cm³/mol. The molecule has 1 heterocycles. The summed E-state index contributed by atoms with van der Waals surface area (Å²) in [6, 6.07) is 26.5. The van der Waals surface area contributed by atoms with E-state index in [9.17, 15) is 14.4 Å². The molecule has 4 amide bonds. The van der Waals surface area contributed by atoms with Gasteiger partial charge in [-0.3, -0.25) is 9.59 Å². The lowest BCUT2D eigenvalue weighted by atomic mass is 10.0. The van der Waals surface area contributed by atoms with E-state index in [0.29, 0.717) is 45.1 Å². The van der Waals surface area contributed by atoms with Crippen LogP contribution >= 0.6 is 23.2 Å². The van der Waals surface area contributed by atoms with Crippen LogP contribution in [0.2, 0.25) is 10.0 Å². The molecule has 0 aliphatic carbocycles. The molecule has 1 aliphatic rings. The van der Waals surface area contributed by atoms with Crippen molar-refractivity contribution in [2.24, 2.45) is 0 Å². The second-order valence-electron chi connectivity index (χ2n) is 8.97. The Morgan fingerprint density at radius 3 is 1.85 bits per heavy atom. The van der Waals surface area contributed by atoms with E-state index in [1.165, 1.54) is 6.08 Å². The normalized spacial score (nSPS) is 13.4. The number of ether oxygens (including phenoxy) is 2. The van der Waals surface area contributed by atoms with Crippen LogP contribution in [0.25, 0.3) is 6.08 Å². The van der Waals surface area contributed by atoms with E-state index in [1.807, 2.05) is 13.0 Å². The second-order valence-corrected chi connectivity index (χ2v) is 9.78. The zero-order chi connectivity index (χ0) is 28.9. The van der Waals surface area contributed by atoms with Gasteiger partial charge in [0.05, 0.1) is 28.0 Å². The van der Waals surface area contributed by atoms with Crippen molar-refractivity contribution in [1.82, 2.24) is 0 Å². The van der Waals surface area contributed by atoms with E-state index in [0.717, 1.165) is 15.4 Å². The summed E-state index contributed by atoms with van der Waals surface area (Å²) in [5, 5.41) is 0.877. The fourth-order valence-electron chi connectivity index (χ4n) is 4.30. The lowest BCUT2D eigenvalue weighted by Gasteiger charge is -2.33. The summed E-state index contributed by atoms with van der Waals surface area (Å²) in [7, 11) is 0. The van der Waals surface area contributed by atoms with Gasteiger partial charge in [-0.25, -0.2) is 14.6 Å². The summed E-state index contributed by atoms with van der Waals surface area (Å²) in [4.78, 5) is 42.7. The lowest BCUT2D eigenvalue weighted by Crippen LogP contribution is -2.57. The van der Waals surface area contributed by atoms with Crippen LogP contribution in [0.4, 0.5) is 16.2 Å². The van der Waals surface area contributed by atoms with Crippen molar-refractivity contribution in [3.05, 3.63) is 124 Å². The highest BCUT2D eigenvalue weighted by atomic mass is 35.5. The van der Waals surface area contributed by atoms with Crippen molar-refractivity contribution in [1.29, 1.82) is 0 Å². The molecule has 1 saturated heterocycles. The van der Waals surface area contributed by atoms with Crippen LogP contribution in [0.1, 0.15) is 18.1 Å². The van der Waals surface area contributed by atoms with Gasteiger partial charge in [-0.1, -0.05) is 71.7 Å². The Labute approximate surface area is 247 Å². The molecule has 0 spiro atoms. The number of anilines is 2. The van der Waals surface area contributed by atoms with Gasteiger partial charge in [-0.15, -0.1) is 0 Å². The molecule has 7 nitrogen and oxygen atoms in total. The number of para-hydroxylation sites is 2. The zero-order valence-electron chi connectivity index (χ0n) is 21.9. The average Bonchev–Trinajstić information content (AvgIpc) is 2.98. The van der Waals surface area contributed by atoms with Gasteiger partial charge in [0.25, 0.3) is 11.8 Å². The van der Waals surface area contributed by atoms with Gasteiger partial charge in [-0.05, 0) is 72.7 Å². The fraction of sp³-hybridized carbons (Fsp3) is 0.0938. The predicted octanol–water partition coefficient (Wildman–Crippen LogP) is 7.55. The molecular weight excluding hydrogens is 563 g/mol. The lowest BCUT2D eigenvalue weighted by molar-refractivity contribution is -0.121. The number of urea groups is 1. The molecule has 4 aromatic carbocycles. The maximum absolute atomic E-state index is 13.6. The first-order valence-electron chi connectivity index (χ1n) is 12.8. The van der Waals surface area contributed by atoms with Crippen LogP contribution in [-0.4, -0.2) is 24.5 Å². The van der Waals surface area contributed by atoms with Crippen LogP contribution in [0.3, 0.4) is 0 Å². The van der Waals surface area contributed by atoms with E-state index < -0.39 is 17.8 Å². The standard InChI is InChI=1S/C32H24Cl2N2O5/c1-2-40-29-19-21(14-16-28(29)41-20-22-13-15-26(33)27(34)18-22)17-25-30(37)35(23-9-5-3-6-10-23)32(39)36(31(25)38)24-11-7-4-8-12-24/h3-19H,2,20H2,1H3. The average molecular weight is 587 g/mol. The number of rotatable bonds is 8. The molecular formula is C32H24Cl2N2O5. The van der Waals surface area contributed by atoms with Gasteiger partial charge >= 0.3 is 6.03 Å². The molecule has 0 unspecified atom stereocenters. The van der Waals surface area contributed by atoms with E-state index in [2.05, 4.69) is 0 Å². The number of nitrogens with zero attached hydrogens (tertiary/aromatic N) is 2. The number of hydrogen-bond donors (Lipinski definition) is 0. The minimum atomic E-state index is -0.754. The molecule has 0 bridgehead atoms. The Morgan fingerprint density at radius 1 is 0.683 bits per heavy atom. The third-order valence-electron chi connectivity index (χ3n) is 6.24. The molecule has 9 heteroatoms. The maximum atomic E-state index is 13.6. The van der Waals surface area contributed by atoms with Crippen molar-refractivity contribution in [3.63, 3.8) is 0 Å². The summed E-state index contributed by atoms with van der Waals surface area (Å²) in [5.74, 6) is -0.561. The first kappa shape index (κ1) is 28.0. The van der Waals surface area contributed by atoms with Gasteiger partial charge in [0.2, 0.25) is 0 Å². The first-order chi connectivity index (χ1) is 19.9. The minimum absolute atomic E-state index is 0.177. The molecule has 0 saturated carbocycles. The Hall–Kier alpha value is -4.59. The van der Waals surface area contributed by atoms with E-state index in [-0.39, 0.29) is 12.2 Å². The molecule has 5 rings (SSSR count). The van der Waals surface area contributed by atoms with E-state index in [4.69, 9.17) is 32.7 Å². The van der Waals surface area contributed by atoms with Crippen molar-refractivity contribution in [2.45, 2.75) is 13.5 Å². The van der Waals surface area contributed by atoms with Crippen molar-refractivity contribution in [3.8, 4) is 11.5 Å². The number of barbiturate groups is 1. The van der Waals surface area contributed by atoms with Crippen LogP contribution < -0.4 is 19.3 Å². The fourth-order valence-corrected chi connectivity index (χ4v) is 4.62. The minimum Gasteiger partial charge on any atom is -0.490 e. The molecule has 4 aromatic rings. The summed E-state index contributed by atoms with van der Waals surface area (Å²) in [6.07, 6.45) is 1.45. The second kappa shape index (κ2) is 12.3. The smallest absolute Gasteiger partial charge is 0.343 e. The molecule has 0 aromatic heterocycles. The SMILES string of the molecule is CCOc1cc(C=C2C(=O)N(c3ccccc3)C(=O)N(c3ccccc3)C2=O)ccc1OCc1ccc(Cl)c(Cl)c1. The van der Waals surface area contributed by atoms with Crippen LogP contribution in [-0.2, 0) is 16.2 Å². The number of hydrogen-bond acceptors (Lipinski definition) is 5. The summed E-state index contributed by atoms with van der Waals surface area (Å²) in [6.45, 7) is 2.41. The molecule has 0 atom stereocenters. The maximum Gasteiger partial charge on any atom is 0.343 e. The quantitative estimate of drug-likeness (QED) is 0.157. The van der Waals surface area contributed by atoms with Gasteiger partial charge in [0.1, 0.15) is 12.2 Å². The molecule has 0 radical (unpaired) electrons. The van der Waals surface area contributed by atoms with Crippen molar-refractivity contribution >= 4 is 58.5 Å². The van der Waals surface area contributed by atoms with Gasteiger partial charge in [-0.2, -0.15) is 0 Å². The van der Waals surface area contributed by atoms with E-state index in [1.54, 1.807) is 91.0 Å². The topological polar surface area (TPSA) is 76.2 Å². The first-order valence-corrected chi connectivity index (χ1v) is 13.5. The highest BCUT2D eigenvalue weighted by Gasteiger charge is 2.43. The summed E-state index contributed by atoms with van der Waals surface area (Å²) >= 11 is 12.1. The Morgan fingerprint density at radius 2 is 1.29 bits per heavy atom. The number of imide groups is 2. The Kier molecular flexibility index (Phi) is 8.38. The van der Waals surface area contributed by atoms with Gasteiger partial charge < -0.3 is 9.47 Å². The molecule has 0 N–H and O–H groups in total. The van der Waals surface area contributed by atoms with Crippen LogP contribution in [0.5, 0.6) is 11.5 Å².